The predicted molar refractivity (Wildman–Crippen MR) is 78.2 cm³/mol. The lowest BCUT2D eigenvalue weighted by Gasteiger charge is -2.24. The van der Waals surface area contributed by atoms with E-state index >= 15 is 0 Å². The molecule has 0 heterocycles. The summed E-state index contributed by atoms with van der Waals surface area (Å²) in [5.74, 6) is 0.396. The highest BCUT2D eigenvalue weighted by molar-refractivity contribution is 5.69. The van der Waals surface area contributed by atoms with Crippen LogP contribution in [0.5, 0.6) is 0 Å². The quantitative estimate of drug-likeness (QED) is 0.737. The minimum absolute atomic E-state index is 0.148. The molecule has 1 aromatic carbocycles. The maximum atomic E-state index is 11.3. The van der Waals surface area contributed by atoms with Crippen LogP contribution in [0.4, 0.5) is 0 Å². The predicted octanol–water partition coefficient (Wildman–Crippen LogP) is 3.37. The fourth-order valence-electron chi connectivity index (χ4n) is 2.18. The first-order chi connectivity index (χ1) is 8.95. The van der Waals surface area contributed by atoms with Gasteiger partial charge in [-0.15, -0.1) is 0 Å². The Hall–Kier alpha value is -1.35. The molecule has 0 aliphatic rings. The monoisotopic (exact) mass is 263 g/mol. The van der Waals surface area contributed by atoms with Gasteiger partial charge < -0.3 is 9.64 Å². The van der Waals surface area contributed by atoms with Crippen LogP contribution in [0.3, 0.4) is 0 Å². The molecule has 0 aliphatic carbocycles. The minimum atomic E-state index is -0.148. The van der Waals surface area contributed by atoms with Gasteiger partial charge in [-0.2, -0.15) is 0 Å². The minimum Gasteiger partial charge on any atom is -0.469 e. The van der Waals surface area contributed by atoms with Crippen molar-refractivity contribution in [3.63, 3.8) is 0 Å². The molecular weight excluding hydrogens is 238 g/mol. The Bertz CT molecular complexity index is 396. The average molecular weight is 263 g/mol. The molecule has 19 heavy (non-hydrogen) atoms. The van der Waals surface area contributed by atoms with Crippen LogP contribution in [0.25, 0.3) is 0 Å². The first-order valence-electron chi connectivity index (χ1n) is 6.78. The number of methoxy groups -OCH3 is 1. The smallest absolute Gasteiger partial charge is 0.305 e. The van der Waals surface area contributed by atoms with E-state index < -0.39 is 0 Å². The van der Waals surface area contributed by atoms with Crippen LogP contribution in [-0.2, 0) is 9.53 Å². The van der Waals surface area contributed by atoms with Crippen LogP contribution in [0, 0.1) is 0 Å². The van der Waals surface area contributed by atoms with Crippen LogP contribution in [0.1, 0.15) is 49.8 Å². The second-order valence-electron chi connectivity index (χ2n) is 5.42. The SMILES string of the molecule is COC(=O)CCC(c1ccc(C(C)C)cc1)N(C)C. The van der Waals surface area contributed by atoms with Crippen molar-refractivity contribution in [1.82, 2.24) is 4.90 Å². The van der Waals surface area contributed by atoms with Gasteiger partial charge in [0.15, 0.2) is 0 Å². The number of hydrogen-bond acceptors (Lipinski definition) is 3. The molecule has 0 fully saturated rings. The molecule has 0 spiro atoms. The fourth-order valence-corrected chi connectivity index (χ4v) is 2.18. The molecule has 3 heteroatoms. The average Bonchev–Trinajstić information content (AvgIpc) is 2.38. The Morgan fingerprint density at radius 3 is 2.11 bits per heavy atom. The van der Waals surface area contributed by atoms with Crippen molar-refractivity contribution in [1.29, 1.82) is 0 Å². The van der Waals surface area contributed by atoms with Gasteiger partial charge in [-0.25, -0.2) is 0 Å². The molecule has 0 N–H and O–H groups in total. The molecule has 1 atom stereocenters. The van der Waals surface area contributed by atoms with E-state index in [-0.39, 0.29) is 12.0 Å². The molecule has 0 amide bonds. The van der Waals surface area contributed by atoms with Gasteiger partial charge in [-0.1, -0.05) is 38.1 Å². The fraction of sp³-hybridized carbons (Fsp3) is 0.562. The second-order valence-corrected chi connectivity index (χ2v) is 5.42. The lowest BCUT2D eigenvalue weighted by atomic mass is 9.96. The third-order valence-corrected chi connectivity index (χ3v) is 3.46. The van der Waals surface area contributed by atoms with Gasteiger partial charge >= 0.3 is 5.97 Å². The molecule has 1 aromatic rings. The summed E-state index contributed by atoms with van der Waals surface area (Å²) in [5.41, 5.74) is 2.59. The third kappa shape index (κ3) is 4.67. The first-order valence-corrected chi connectivity index (χ1v) is 6.78. The van der Waals surface area contributed by atoms with Crippen molar-refractivity contribution in [2.75, 3.05) is 21.2 Å². The number of ether oxygens (including phenoxy) is 1. The highest BCUT2D eigenvalue weighted by Crippen LogP contribution is 2.25. The second kappa shape index (κ2) is 7.29. The summed E-state index contributed by atoms with van der Waals surface area (Å²) in [7, 11) is 5.51. The Morgan fingerprint density at radius 1 is 1.16 bits per heavy atom. The zero-order valence-corrected chi connectivity index (χ0v) is 12.6. The van der Waals surface area contributed by atoms with E-state index in [2.05, 4.69) is 43.0 Å². The first kappa shape index (κ1) is 15.7. The number of benzene rings is 1. The van der Waals surface area contributed by atoms with Gasteiger partial charge in [-0.05, 0) is 37.6 Å². The van der Waals surface area contributed by atoms with Crippen molar-refractivity contribution in [2.24, 2.45) is 0 Å². The molecule has 0 aliphatic heterocycles. The summed E-state index contributed by atoms with van der Waals surface area (Å²) in [4.78, 5) is 13.4. The summed E-state index contributed by atoms with van der Waals surface area (Å²) in [6.07, 6.45) is 1.23. The molecule has 1 unspecified atom stereocenters. The Kier molecular flexibility index (Phi) is 6.03. The van der Waals surface area contributed by atoms with E-state index in [4.69, 9.17) is 4.74 Å². The summed E-state index contributed by atoms with van der Waals surface area (Å²) in [5, 5.41) is 0. The normalized spacial score (nSPS) is 12.8. The van der Waals surface area contributed by atoms with Crippen molar-refractivity contribution in [2.45, 2.75) is 38.6 Å². The van der Waals surface area contributed by atoms with E-state index in [0.717, 1.165) is 6.42 Å². The zero-order chi connectivity index (χ0) is 14.4. The Morgan fingerprint density at radius 2 is 1.68 bits per heavy atom. The third-order valence-electron chi connectivity index (χ3n) is 3.46. The maximum Gasteiger partial charge on any atom is 0.305 e. The molecule has 1 rings (SSSR count). The largest absolute Gasteiger partial charge is 0.469 e. The van der Waals surface area contributed by atoms with Crippen molar-refractivity contribution >= 4 is 5.97 Å². The lowest BCUT2D eigenvalue weighted by Crippen LogP contribution is -2.21. The number of carbonyl (C=O) groups excluding carboxylic acids is 1. The molecular formula is C16H25NO2. The molecule has 0 radical (unpaired) electrons. The van der Waals surface area contributed by atoms with E-state index in [1.165, 1.54) is 18.2 Å². The van der Waals surface area contributed by atoms with Crippen LogP contribution < -0.4 is 0 Å². The number of carbonyl (C=O) groups is 1. The van der Waals surface area contributed by atoms with Crippen molar-refractivity contribution in [3.05, 3.63) is 35.4 Å². The summed E-state index contributed by atoms with van der Waals surface area (Å²) >= 11 is 0. The van der Waals surface area contributed by atoms with Crippen LogP contribution in [0.15, 0.2) is 24.3 Å². The lowest BCUT2D eigenvalue weighted by molar-refractivity contribution is -0.141. The molecule has 106 valence electrons. The standard InChI is InChI=1S/C16H25NO2/c1-12(2)13-6-8-14(9-7-13)15(17(3)4)10-11-16(18)19-5/h6-9,12,15H,10-11H2,1-5H3. The van der Waals surface area contributed by atoms with E-state index in [1.54, 1.807) is 0 Å². The molecule has 3 nitrogen and oxygen atoms in total. The number of nitrogens with zero attached hydrogens (tertiary/aromatic N) is 1. The maximum absolute atomic E-state index is 11.3. The van der Waals surface area contributed by atoms with Gasteiger partial charge in [-0.3, -0.25) is 4.79 Å². The van der Waals surface area contributed by atoms with Gasteiger partial charge in [0.05, 0.1) is 7.11 Å². The highest BCUT2D eigenvalue weighted by atomic mass is 16.5. The molecule has 0 aromatic heterocycles. The summed E-state index contributed by atoms with van der Waals surface area (Å²) < 4.78 is 4.71. The topological polar surface area (TPSA) is 29.5 Å². The van der Waals surface area contributed by atoms with Crippen LogP contribution in [0.2, 0.25) is 0 Å². The van der Waals surface area contributed by atoms with Gasteiger partial charge in [0.1, 0.15) is 0 Å². The van der Waals surface area contributed by atoms with Gasteiger partial charge in [0.25, 0.3) is 0 Å². The van der Waals surface area contributed by atoms with E-state index in [0.29, 0.717) is 12.3 Å². The molecule has 0 bridgehead atoms. The van der Waals surface area contributed by atoms with Gasteiger partial charge in [0.2, 0.25) is 0 Å². The van der Waals surface area contributed by atoms with Crippen molar-refractivity contribution in [3.8, 4) is 0 Å². The Balaban J connectivity index is 2.78. The van der Waals surface area contributed by atoms with Crippen LogP contribution in [-0.4, -0.2) is 32.1 Å². The number of hydrogen-bond donors (Lipinski definition) is 0. The highest BCUT2D eigenvalue weighted by Gasteiger charge is 2.16. The van der Waals surface area contributed by atoms with Crippen LogP contribution >= 0.6 is 0 Å². The number of rotatable bonds is 6. The molecule has 0 saturated heterocycles. The summed E-state index contributed by atoms with van der Waals surface area (Å²) in [6.45, 7) is 4.38. The molecule has 0 saturated carbocycles. The zero-order valence-electron chi connectivity index (χ0n) is 12.6. The summed E-state index contributed by atoms with van der Waals surface area (Å²) in [6, 6.07) is 8.93. The van der Waals surface area contributed by atoms with Gasteiger partial charge in [0, 0.05) is 12.5 Å². The van der Waals surface area contributed by atoms with E-state index in [1.807, 2.05) is 14.1 Å². The van der Waals surface area contributed by atoms with Crippen molar-refractivity contribution < 1.29 is 9.53 Å². The Labute approximate surface area is 116 Å². The number of esters is 1. The van der Waals surface area contributed by atoms with E-state index in [9.17, 15) is 4.79 Å².